The number of carbonyl (C=O) groups is 1. The fraction of sp³-hybridized carbons (Fsp3) is 0.500. The number of alkyl halides is 2. The van der Waals surface area contributed by atoms with E-state index in [1.165, 1.54) is 12.1 Å². The molecule has 19 heavy (non-hydrogen) atoms. The van der Waals surface area contributed by atoms with Gasteiger partial charge in [-0.3, -0.25) is 0 Å². The summed E-state index contributed by atoms with van der Waals surface area (Å²) in [5, 5.41) is 8.34. The topological polar surface area (TPSA) is 46.5 Å². The van der Waals surface area contributed by atoms with Crippen molar-refractivity contribution in [3.8, 4) is 0 Å². The molecule has 0 aliphatic heterocycles. The zero-order valence-corrected chi connectivity index (χ0v) is 11.2. The van der Waals surface area contributed by atoms with Crippen LogP contribution in [0.25, 0.3) is 0 Å². The van der Waals surface area contributed by atoms with Crippen LogP contribution in [0, 0.1) is 0 Å². The molecule has 1 aromatic rings. The van der Waals surface area contributed by atoms with E-state index in [9.17, 15) is 13.6 Å². The first-order chi connectivity index (χ1) is 8.63. The Kier molecular flexibility index (Phi) is 4.63. The predicted molar refractivity (Wildman–Crippen MR) is 67.5 cm³/mol. The highest BCUT2D eigenvalue weighted by Crippen LogP contribution is 2.30. The van der Waals surface area contributed by atoms with Crippen LogP contribution in [0.4, 0.5) is 8.78 Å². The number of rotatable bonds is 5. The second-order valence-corrected chi connectivity index (χ2v) is 5.42. The number of carboxylic acid groups (broad SMARTS) is 1. The second kappa shape index (κ2) is 5.65. The number of carboxylic acids is 1. The summed E-state index contributed by atoms with van der Waals surface area (Å²) in [5.74, 6) is -4.45. The summed E-state index contributed by atoms with van der Waals surface area (Å²) in [5.41, 5.74) is 0.678. The van der Waals surface area contributed by atoms with Crippen molar-refractivity contribution in [2.45, 2.75) is 32.1 Å². The van der Waals surface area contributed by atoms with Crippen molar-refractivity contribution in [3.05, 3.63) is 35.4 Å². The normalized spacial score (nSPS) is 12.5. The first-order valence-electron chi connectivity index (χ1n) is 5.91. The van der Waals surface area contributed by atoms with Gasteiger partial charge < -0.3 is 9.84 Å². The lowest BCUT2D eigenvalue weighted by Gasteiger charge is -2.21. The molecular formula is C14H18F2O3. The van der Waals surface area contributed by atoms with Gasteiger partial charge >= 0.3 is 5.97 Å². The molecule has 0 fully saturated rings. The van der Waals surface area contributed by atoms with Crippen molar-refractivity contribution >= 4 is 5.97 Å². The summed E-state index contributed by atoms with van der Waals surface area (Å²) < 4.78 is 31.9. The highest BCUT2D eigenvalue weighted by Gasteiger charge is 2.32. The van der Waals surface area contributed by atoms with Gasteiger partial charge in [-0.05, 0) is 11.0 Å². The molecule has 5 heteroatoms. The SMILES string of the molecule is CC(C)(C)c1ccc(C(F)(F)COCC(=O)O)cc1. The zero-order valence-electron chi connectivity index (χ0n) is 11.2. The Bertz CT molecular complexity index is 433. The van der Waals surface area contributed by atoms with Gasteiger partial charge in [-0.25, -0.2) is 4.79 Å². The van der Waals surface area contributed by atoms with Gasteiger partial charge in [0.25, 0.3) is 5.92 Å². The van der Waals surface area contributed by atoms with Crippen LogP contribution in [-0.4, -0.2) is 24.3 Å². The van der Waals surface area contributed by atoms with E-state index >= 15 is 0 Å². The lowest BCUT2D eigenvalue weighted by Crippen LogP contribution is -2.23. The van der Waals surface area contributed by atoms with Gasteiger partial charge in [-0.1, -0.05) is 45.0 Å². The van der Waals surface area contributed by atoms with Crippen molar-refractivity contribution < 1.29 is 23.4 Å². The first kappa shape index (κ1) is 15.6. The van der Waals surface area contributed by atoms with Crippen LogP contribution in [0.3, 0.4) is 0 Å². The van der Waals surface area contributed by atoms with Gasteiger partial charge in [0.05, 0.1) is 0 Å². The molecule has 3 nitrogen and oxygen atoms in total. The number of halogens is 2. The highest BCUT2D eigenvalue weighted by atomic mass is 19.3. The molecule has 0 bridgehead atoms. The molecule has 0 amide bonds. The smallest absolute Gasteiger partial charge is 0.329 e. The number of hydrogen-bond donors (Lipinski definition) is 1. The third-order valence-electron chi connectivity index (χ3n) is 2.68. The standard InChI is InChI=1S/C14H18F2O3/c1-13(2,3)10-4-6-11(7-5-10)14(15,16)9-19-8-12(17)18/h4-7H,8-9H2,1-3H3,(H,17,18). The van der Waals surface area contributed by atoms with Crippen molar-refractivity contribution in [1.29, 1.82) is 0 Å². The molecule has 1 aromatic carbocycles. The predicted octanol–water partition coefficient (Wildman–Crippen LogP) is 3.18. The Morgan fingerprint density at radius 1 is 1.16 bits per heavy atom. The summed E-state index contributed by atoms with van der Waals surface area (Å²) in [6.07, 6.45) is 0. The molecule has 1 N–H and O–H groups in total. The van der Waals surface area contributed by atoms with Crippen LogP contribution in [0.15, 0.2) is 24.3 Å². The minimum Gasteiger partial charge on any atom is -0.480 e. The minimum atomic E-state index is -3.19. The largest absolute Gasteiger partial charge is 0.480 e. The average Bonchev–Trinajstić information content (AvgIpc) is 2.27. The van der Waals surface area contributed by atoms with Crippen molar-refractivity contribution in [3.63, 3.8) is 0 Å². The molecule has 0 saturated heterocycles. The maximum atomic E-state index is 13.7. The van der Waals surface area contributed by atoms with E-state index in [1.807, 2.05) is 20.8 Å². The molecule has 0 atom stereocenters. The molecule has 1 rings (SSSR count). The Morgan fingerprint density at radius 2 is 1.63 bits per heavy atom. The minimum absolute atomic E-state index is 0.104. The van der Waals surface area contributed by atoms with Crippen LogP contribution in [-0.2, 0) is 20.9 Å². The molecule has 0 unspecified atom stereocenters. The molecular weight excluding hydrogens is 254 g/mol. The van der Waals surface area contributed by atoms with Crippen molar-refractivity contribution in [1.82, 2.24) is 0 Å². The average molecular weight is 272 g/mol. The maximum absolute atomic E-state index is 13.7. The third kappa shape index (κ3) is 4.59. The zero-order chi connectivity index (χ0) is 14.7. The quantitative estimate of drug-likeness (QED) is 0.895. The van der Waals surface area contributed by atoms with Crippen LogP contribution < -0.4 is 0 Å². The molecule has 0 aliphatic carbocycles. The highest BCUT2D eigenvalue weighted by molar-refractivity contribution is 5.68. The second-order valence-electron chi connectivity index (χ2n) is 5.42. The fourth-order valence-corrected chi connectivity index (χ4v) is 1.56. The van der Waals surface area contributed by atoms with Gasteiger partial charge in [-0.2, -0.15) is 8.78 Å². The van der Waals surface area contributed by atoms with Crippen LogP contribution in [0.1, 0.15) is 31.9 Å². The van der Waals surface area contributed by atoms with Gasteiger partial charge in [0.2, 0.25) is 0 Å². The fourth-order valence-electron chi connectivity index (χ4n) is 1.56. The summed E-state index contributed by atoms with van der Waals surface area (Å²) in [6.45, 7) is 4.33. The summed E-state index contributed by atoms with van der Waals surface area (Å²) in [7, 11) is 0. The Labute approximate surface area is 111 Å². The summed E-state index contributed by atoms with van der Waals surface area (Å²) in [6, 6.07) is 6.01. The molecule has 0 heterocycles. The monoisotopic (exact) mass is 272 g/mol. The Morgan fingerprint density at radius 3 is 2.05 bits per heavy atom. The Balaban J connectivity index is 2.76. The molecule has 0 spiro atoms. The van der Waals surface area contributed by atoms with Crippen LogP contribution in [0.5, 0.6) is 0 Å². The third-order valence-corrected chi connectivity index (χ3v) is 2.68. The Hall–Kier alpha value is -1.49. The van der Waals surface area contributed by atoms with E-state index in [-0.39, 0.29) is 11.0 Å². The van der Waals surface area contributed by atoms with Gasteiger partial charge in [-0.15, -0.1) is 0 Å². The number of benzene rings is 1. The molecule has 0 aliphatic rings. The molecule has 0 saturated carbocycles. The van der Waals surface area contributed by atoms with Crippen LogP contribution >= 0.6 is 0 Å². The molecule has 0 radical (unpaired) electrons. The van der Waals surface area contributed by atoms with Crippen molar-refractivity contribution in [2.24, 2.45) is 0 Å². The van der Waals surface area contributed by atoms with E-state index in [0.29, 0.717) is 0 Å². The van der Waals surface area contributed by atoms with E-state index in [4.69, 9.17) is 5.11 Å². The van der Waals surface area contributed by atoms with Crippen molar-refractivity contribution in [2.75, 3.05) is 13.2 Å². The van der Waals surface area contributed by atoms with E-state index in [1.54, 1.807) is 12.1 Å². The van der Waals surface area contributed by atoms with Gasteiger partial charge in [0, 0.05) is 5.56 Å². The maximum Gasteiger partial charge on any atom is 0.329 e. The number of aliphatic carboxylic acids is 1. The van der Waals surface area contributed by atoms with Gasteiger partial charge in [0.1, 0.15) is 13.2 Å². The molecule has 0 aromatic heterocycles. The molecule has 106 valence electrons. The van der Waals surface area contributed by atoms with E-state index < -0.39 is 25.1 Å². The van der Waals surface area contributed by atoms with E-state index in [0.717, 1.165) is 5.56 Å². The summed E-state index contributed by atoms with van der Waals surface area (Å²) >= 11 is 0. The number of hydrogen-bond acceptors (Lipinski definition) is 2. The first-order valence-corrected chi connectivity index (χ1v) is 5.91. The summed E-state index contributed by atoms with van der Waals surface area (Å²) in [4.78, 5) is 10.2. The lowest BCUT2D eigenvalue weighted by molar-refractivity contribution is -0.147. The van der Waals surface area contributed by atoms with Gasteiger partial charge in [0.15, 0.2) is 0 Å². The lowest BCUT2D eigenvalue weighted by atomic mass is 9.86. The van der Waals surface area contributed by atoms with E-state index in [2.05, 4.69) is 4.74 Å². The number of ether oxygens (including phenoxy) is 1. The van der Waals surface area contributed by atoms with Crippen LogP contribution in [0.2, 0.25) is 0 Å².